The van der Waals surface area contributed by atoms with Crippen LogP contribution in [0.2, 0.25) is 0 Å². The maximum Gasteiger partial charge on any atom is 0.376 e. The maximum absolute atomic E-state index is 13.3. The molecule has 1 aliphatic rings. The van der Waals surface area contributed by atoms with Crippen LogP contribution in [0.3, 0.4) is 0 Å². The molecule has 2 aromatic carbocycles. The van der Waals surface area contributed by atoms with Crippen LogP contribution in [0, 0.1) is 0 Å². The van der Waals surface area contributed by atoms with Gasteiger partial charge in [0.05, 0.1) is 10.9 Å². The first-order chi connectivity index (χ1) is 9.66. The molecule has 0 aromatic heterocycles. The van der Waals surface area contributed by atoms with Crippen molar-refractivity contribution >= 4 is 18.7 Å². The van der Waals surface area contributed by atoms with Gasteiger partial charge in [0.25, 0.3) is 5.91 Å². The summed E-state index contributed by atoms with van der Waals surface area (Å²) in [6, 6.07) is 15.8. The van der Waals surface area contributed by atoms with Crippen LogP contribution in [0.5, 0.6) is 5.75 Å². The van der Waals surface area contributed by atoms with E-state index in [2.05, 4.69) is 0 Å². The Labute approximate surface area is 117 Å². The number of rotatable bonds is 2. The van der Waals surface area contributed by atoms with Crippen LogP contribution in [0.1, 0.15) is 17.3 Å². The summed E-state index contributed by atoms with van der Waals surface area (Å²) in [6.07, 6.45) is 0. The molecule has 1 unspecified atom stereocenters. The van der Waals surface area contributed by atoms with Crippen molar-refractivity contribution in [2.24, 2.45) is 0 Å². The van der Waals surface area contributed by atoms with Gasteiger partial charge in [0.2, 0.25) is 0 Å². The molecule has 1 heterocycles. The van der Waals surface area contributed by atoms with E-state index in [0.717, 1.165) is 0 Å². The largest absolute Gasteiger partial charge is 0.425 e. The van der Waals surface area contributed by atoms with Gasteiger partial charge in [-0.3, -0.25) is 9.46 Å². The van der Waals surface area contributed by atoms with Crippen molar-refractivity contribution in [1.82, 2.24) is 4.67 Å². The van der Waals surface area contributed by atoms with E-state index < -0.39 is 7.52 Å². The molecule has 0 saturated heterocycles. The standard InChI is InChI=1S/C15H14NO3P/c1-2-16-15(17)13-10-6-7-11-14(13)19-20(16,18)12-8-4-3-5-9-12/h3-11H,2H2,1H3. The van der Waals surface area contributed by atoms with Gasteiger partial charge in [-0.15, -0.1) is 0 Å². The van der Waals surface area contributed by atoms with E-state index in [4.69, 9.17) is 4.52 Å². The molecule has 1 atom stereocenters. The second kappa shape index (κ2) is 4.80. The molecule has 0 saturated carbocycles. The molecule has 1 aliphatic heterocycles. The highest BCUT2D eigenvalue weighted by Crippen LogP contribution is 2.54. The number of carbonyl (C=O) groups is 1. The minimum absolute atomic E-state index is 0.249. The molecule has 0 radical (unpaired) electrons. The lowest BCUT2D eigenvalue weighted by molar-refractivity contribution is 0.0841. The highest BCUT2D eigenvalue weighted by molar-refractivity contribution is 7.65. The van der Waals surface area contributed by atoms with Crippen molar-refractivity contribution in [2.75, 3.05) is 6.54 Å². The van der Waals surface area contributed by atoms with Crippen LogP contribution in [-0.2, 0) is 4.57 Å². The van der Waals surface area contributed by atoms with Crippen LogP contribution in [-0.4, -0.2) is 17.1 Å². The predicted octanol–water partition coefficient (Wildman–Crippen LogP) is 3.06. The molecule has 20 heavy (non-hydrogen) atoms. The van der Waals surface area contributed by atoms with Gasteiger partial charge in [-0.05, 0) is 31.2 Å². The van der Waals surface area contributed by atoms with Gasteiger partial charge in [0.15, 0.2) is 0 Å². The molecule has 2 aromatic rings. The molecule has 1 amide bonds. The van der Waals surface area contributed by atoms with Crippen molar-refractivity contribution in [3.8, 4) is 5.75 Å². The Morgan fingerprint density at radius 1 is 1.05 bits per heavy atom. The number of carbonyl (C=O) groups excluding carboxylic acids is 1. The Balaban J connectivity index is 2.18. The molecule has 5 heteroatoms. The summed E-state index contributed by atoms with van der Waals surface area (Å²) < 4.78 is 20.3. The summed E-state index contributed by atoms with van der Waals surface area (Å²) in [4.78, 5) is 12.5. The topological polar surface area (TPSA) is 46.6 Å². The normalized spacial score (nSPS) is 21.2. The summed E-state index contributed by atoms with van der Waals surface area (Å²) in [5, 5.41) is 0.532. The minimum atomic E-state index is -3.38. The molecular formula is C15H14NO3P. The number of benzene rings is 2. The van der Waals surface area contributed by atoms with Gasteiger partial charge in [-0.25, -0.2) is 4.57 Å². The van der Waals surface area contributed by atoms with Crippen LogP contribution >= 0.6 is 7.52 Å². The Hall–Kier alpha value is -2.06. The average Bonchev–Trinajstić information content (AvgIpc) is 2.48. The molecular weight excluding hydrogens is 273 g/mol. The van der Waals surface area contributed by atoms with E-state index in [1.54, 1.807) is 55.5 Å². The summed E-state index contributed by atoms with van der Waals surface area (Å²) in [5.41, 5.74) is 0.455. The fourth-order valence-corrected chi connectivity index (χ4v) is 4.48. The van der Waals surface area contributed by atoms with Crippen molar-refractivity contribution in [3.05, 3.63) is 60.2 Å². The van der Waals surface area contributed by atoms with Gasteiger partial charge in [0.1, 0.15) is 5.75 Å². The van der Waals surface area contributed by atoms with Gasteiger partial charge in [-0.1, -0.05) is 30.3 Å². The SMILES string of the molecule is CCN1C(=O)c2ccccc2OP1(=O)c1ccccc1. The van der Waals surface area contributed by atoms with Gasteiger partial charge in [0, 0.05) is 6.54 Å². The van der Waals surface area contributed by atoms with Gasteiger partial charge < -0.3 is 4.52 Å². The fraction of sp³-hybridized carbons (Fsp3) is 0.133. The zero-order chi connectivity index (χ0) is 14.2. The van der Waals surface area contributed by atoms with E-state index in [-0.39, 0.29) is 5.91 Å². The third kappa shape index (κ3) is 1.84. The Morgan fingerprint density at radius 3 is 2.40 bits per heavy atom. The van der Waals surface area contributed by atoms with Crippen molar-refractivity contribution in [2.45, 2.75) is 6.92 Å². The van der Waals surface area contributed by atoms with E-state index in [9.17, 15) is 9.36 Å². The monoisotopic (exact) mass is 287 g/mol. The molecule has 0 bridgehead atoms. The number of hydrogen-bond acceptors (Lipinski definition) is 3. The second-order valence-electron chi connectivity index (χ2n) is 4.46. The minimum Gasteiger partial charge on any atom is -0.425 e. The second-order valence-corrected chi connectivity index (χ2v) is 6.69. The van der Waals surface area contributed by atoms with Crippen LogP contribution in [0.4, 0.5) is 0 Å². The Morgan fingerprint density at radius 2 is 1.70 bits per heavy atom. The molecule has 102 valence electrons. The van der Waals surface area contributed by atoms with E-state index in [1.165, 1.54) is 4.67 Å². The van der Waals surface area contributed by atoms with Crippen molar-refractivity contribution in [3.63, 3.8) is 0 Å². The molecule has 0 spiro atoms. The maximum atomic E-state index is 13.3. The number of fused-ring (bicyclic) bond motifs is 1. The smallest absolute Gasteiger partial charge is 0.376 e. The number of amides is 1. The zero-order valence-corrected chi connectivity index (χ0v) is 11.9. The first-order valence-electron chi connectivity index (χ1n) is 6.43. The highest BCUT2D eigenvalue weighted by atomic mass is 31.2. The lowest BCUT2D eigenvalue weighted by atomic mass is 10.2. The third-order valence-corrected chi connectivity index (χ3v) is 5.77. The first-order valence-corrected chi connectivity index (χ1v) is 8.01. The van der Waals surface area contributed by atoms with E-state index in [1.807, 2.05) is 6.07 Å². The lowest BCUT2D eigenvalue weighted by Gasteiger charge is -2.35. The molecule has 0 aliphatic carbocycles. The van der Waals surface area contributed by atoms with Gasteiger partial charge in [-0.2, -0.15) is 0 Å². The fourth-order valence-electron chi connectivity index (χ4n) is 2.30. The number of hydrogen-bond donors (Lipinski definition) is 0. The molecule has 0 N–H and O–H groups in total. The Bertz CT molecular complexity index is 699. The summed E-state index contributed by atoms with van der Waals surface area (Å²) >= 11 is 0. The summed E-state index contributed by atoms with van der Waals surface area (Å²) in [5.74, 6) is 0.135. The Kier molecular flexibility index (Phi) is 3.11. The highest BCUT2D eigenvalue weighted by Gasteiger charge is 2.43. The molecule has 4 nitrogen and oxygen atoms in total. The number of para-hydroxylation sites is 1. The van der Waals surface area contributed by atoms with Gasteiger partial charge >= 0.3 is 7.52 Å². The summed E-state index contributed by atoms with van der Waals surface area (Å²) in [6.45, 7) is 2.13. The summed E-state index contributed by atoms with van der Waals surface area (Å²) in [7, 11) is -3.38. The molecule has 3 rings (SSSR count). The lowest BCUT2D eigenvalue weighted by Crippen LogP contribution is -2.37. The van der Waals surface area contributed by atoms with Crippen molar-refractivity contribution < 1.29 is 13.9 Å². The quantitative estimate of drug-likeness (QED) is 0.797. The van der Waals surface area contributed by atoms with Crippen molar-refractivity contribution in [1.29, 1.82) is 0 Å². The van der Waals surface area contributed by atoms with Crippen LogP contribution in [0.15, 0.2) is 54.6 Å². The zero-order valence-electron chi connectivity index (χ0n) is 11.0. The van der Waals surface area contributed by atoms with Crippen LogP contribution < -0.4 is 9.83 Å². The first kappa shape index (κ1) is 12.9. The third-order valence-electron chi connectivity index (χ3n) is 3.27. The van der Waals surface area contributed by atoms with E-state index >= 15 is 0 Å². The van der Waals surface area contributed by atoms with E-state index in [0.29, 0.717) is 23.2 Å². The average molecular weight is 287 g/mol. The van der Waals surface area contributed by atoms with Crippen LogP contribution in [0.25, 0.3) is 0 Å². The predicted molar refractivity (Wildman–Crippen MR) is 77.5 cm³/mol. The number of nitrogens with zero attached hydrogens (tertiary/aromatic N) is 1. The molecule has 0 fully saturated rings.